The van der Waals surface area contributed by atoms with Gasteiger partial charge in [0.2, 0.25) is 0 Å². The van der Waals surface area contributed by atoms with E-state index in [1.165, 1.54) is 0 Å². The number of alkyl halides is 1. The third-order valence-corrected chi connectivity index (χ3v) is 4.51. The molecule has 112 valence electrons. The number of likely N-dealkylation sites (tertiary alicyclic amines) is 1. The zero-order chi connectivity index (χ0) is 14.3. The highest BCUT2D eigenvalue weighted by Gasteiger charge is 2.47. The van der Waals surface area contributed by atoms with Crippen LogP contribution in [0.4, 0.5) is 9.18 Å². The second-order valence-electron chi connectivity index (χ2n) is 5.96. The van der Waals surface area contributed by atoms with Gasteiger partial charge in [0.1, 0.15) is 11.8 Å². The average molecular weight is 284 g/mol. The molecule has 0 saturated carbocycles. The number of ether oxygens (including phenoxy) is 1. The van der Waals surface area contributed by atoms with Crippen molar-refractivity contribution in [2.45, 2.75) is 30.7 Å². The Balaban J connectivity index is 1.65. The maximum Gasteiger partial charge on any atom is 0.410 e. The number of likely N-dealkylation sites (N-methyl/N-ethyl adjacent to an activating group) is 1. The lowest BCUT2D eigenvalue weighted by molar-refractivity contribution is -0.0163. The van der Waals surface area contributed by atoms with E-state index < -0.39 is 6.17 Å². The van der Waals surface area contributed by atoms with Crippen LogP contribution in [0, 0.1) is 0 Å². The Morgan fingerprint density at radius 2 is 2.20 bits per heavy atom. The Bertz CT molecular complexity index is 434. The van der Waals surface area contributed by atoms with E-state index in [1.807, 2.05) is 0 Å². The highest BCUT2D eigenvalue weighted by Crippen LogP contribution is 2.34. The summed E-state index contributed by atoms with van der Waals surface area (Å²) in [4.78, 5) is 15.2. The number of nitrogens with two attached hydrogens (primary N) is 1. The average Bonchev–Trinajstić information content (AvgIpc) is 2.67. The first-order valence-electron chi connectivity index (χ1n) is 7.02. The van der Waals surface area contributed by atoms with E-state index in [-0.39, 0.29) is 17.7 Å². The van der Waals surface area contributed by atoms with Gasteiger partial charge in [-0.1, -0.05) is 0 Å². The van der Waals surface area contributed by atoms with E-state index in [0.29, 0.717) is 31.9 Å². The molecule has 0 radical (unpaired) electrons. The second-order valence-corrected chi connectivity index (χ2v) is 5.96. The molecule has 3 rings (SSSR count). The molecule has 20 heavy (non-hydrogen) atoms. The Hall–Kier alpha value is -1.50. The zero-order valence-electron chi connectivity index (χ0n) is 11.6. The molecule has 2 saturated heterocycles. The van der Waals surface area contributed by atoms with E-state index in [1.54, 1.807) is 18.1 Å². The molecular formula is C13H21FN4O2. The number of hydrogen-bond acceptors (Lipinski definition) is 5. The number of halogens is 1. The molecule has 2 atom stereocenters. The zero-order valence-corrected chi connectivity index (χ0v) is 11.6. The number of rotatable bonds is 1. The van der Waals surface area contributed by atoms with Crippen LogP contribution in [0.15, 0.2) is 11.9 Å². The van der Waals surface area contributed by atoms with Gasteiger partial charge in [-0.05, 0) is 0 Å². The Labute approximate surface area is 117 Å². The third kappa shape index (κ3) is 2.19. The van der Waals surface area contributed by atoms with Gasteiger partial charge in [-0.25, -0.2) is 9.18 Å². The van der Waals surface area contributed by atoms with Gasteiger partial charge < -0.3 is 20.7 Å². The van der Waals surface area contributed by atoms with Crippen LogP contribution >= 0.6 is 0 Å². The molecule has 3 heterocycles. The van der Waals surface area contributed by atoms with Crippen molar-refractivity contribution in [1.29, 1.82) is 0 Å². The van der Waals surface area contributed by atoms with E-state index in [0.717, 1.165) is 12.8 Å². The smallest absolute Gasteiger partial charge is 0.410 e. The molecule has 0 aliphatic carbocycles. The molecular weight excluding hydrogens is 263 g/mol. The summed E-state index contributed by atoms with van der Waals surface area (Å²) in [7, 11) is 1.74. The van der Waals surface area contributed by atoms with Gasteiger partial charge in [0, 0.05) is 51.4 Å². The van der Waals surface area contributed by atoms with Gasteiger partial charge in [0.15, 0.2) is 0 Å². The van der Waals surface area contributed by atoms with E-state index in [2.05, 4.69) is 10.2 Å². The van der Waals surface area contributed by atoms with Crippen molar-refractivity contribution in [2.75, 3.05) is 33.2 Å². The van der Waals surface area contributed by atoms with Crippen molar-refractivity contribution in [3.05, 3.63) is 11.9 Å². The lowest BCUT2D eigenvalue weighted by atomic mass is 9.89. The van der Waals surface area contributed by atoms with Crippen LogP contribution in [0.5, 0.6) is 0 Å². The van der Waals surface area contributed by atoms with Gasteiger partial charge in [-0.3, -0.25) is 4.90 Å². The van der Waals surface area contributed by atoms with Crippen LogP contribution < -0.4 is 11.1 Å². The van der Waals surface area contributed by atoms with Crippen LogP contribution in [0.3, 0.4) is 0 Å². The van der Waals surface area contributed by atoms with Crippen LogP contribution in [0.1, 0.15) is 12.8 Å². The van der Waals surface area contributed by atoms with E-state index in [9.17, 15) is 9.18 Å². The lowest BCUT2D eigenvalue weighted by Gasteiger charge is -2.43. The molecule has 0 aromatic rings. The van der Waals surface area contributed by atoms with Crippen molar-refractivity contribution in [3.8, 4) is 0 Å². The summed E-state index contributed by atoms with van der Waals surface area (Å²) in [6.07, 6.45) is 1.89. The first kappa shape index (κ1) is 13.5. The maximum absolute atomic E-state index is 14.1. The van der Waals surface area contributed by atoms with E-state index >= 15 is 0 Å². The molecule has 7 heteroatoms. The first-order chi connectivity index (χ1) is 9.51. The third-order valence-electron chi connectivity index (χ3n) is 4.51. The highest BCUT2D eigenvalue weighted by molar-refractivity contribution is 5.70. The van der Waals surface area contributed by atoms with Crippen LogP contribution in [0.2, 0.25) is 0 Å². The van der Waals surface area contributed by atoms with Gasteiger partial charge in [-0.15, -0.1) is 0 Å². The predicted octanol–water partition coefficient (Wildman–Crippen LogP) is 0.0130. The number of carbonyl (C=O) groups excluding carboxylic acids is 1. The molecule has 0 aromatic heterocycles. The molecule has 1 spiro atoms. The van der Waals surface area contributed by atoms with Crippen molar-refractivity contribution in [1.82, 2.24) is 15.1 Å². The SMILES string of the molecule is CN1CC2(CCN(C3C(N)=CNCC3F)CC2)OC1=O. The van der Waals surface area contributed by atoms with Gasteiger partial charge in [0.25, 0.3) is 0 Å². The Kier molecular flexibility index (Phi) is 3.24. The fourth-order valence-electron chi connectivity index (χ4n) is 3.40. The standard InChI is InChI=1S/C13H21FN4O2/c1-17-8-13(20-12(17)19)2-4-18(5-3-13)11-9(14)6-16-7-10(11)15/h7,9,11,16H,2-6,8,15H2,1H3. The summed E-state index contributed by atoms with van der Waals surface area (Å²) in [5, 5.41) is 2.85. The number of hydrogen-bond donors (Lipinski definition) is 2. The molecule has 0 aromatic carbocycles. The van der Waals surface area contributed by atoms with Crippen molar-refractivity contribution >= 4 is 6.09 Å². The fraction of sp³-hybridized carbons (Fsp3) is 0.769. The molecule has 3 N–H and O–H groups in total. The van der Waals surface area contributed by atoms with Crippen molar-refractivity contribution < 1.29 is 13.9 Å². The van der Waals surface area contributed by atoms with Gasteiger partial charge >= 0.3 is 6.09 Å². The first-order valence-corrected chi connectivity index (χ1v) is 7.02. The molecule has 2 unspecified atom stereocenters. The summed E-state index contributed by atoms with van der Waals surface area (Å²) >= 11 is 0. The Morgan fingerprint density at radius 3 is 2.75 bits per heavy atom. The van der Waals surface area contributed by atoms with Crippen molar-refractivity contribution in [2.24, 2.45) is 5.73 Å². The number of nitrogens with zero attached hydrogens (tertiary/aromatic N) is 2. The number of piperidine rings is 1. The van der Waals surface area contributed by atoms with Gasteiger partial charge in [0.05, 0.1) is 12.6 Å². The lowest BCUT2D eigenvalue weighted by Crippen LogP contribution is -2.56. The largest absolute Gasteiger partial charge is 0.441 e. The van der Waals surface area contributed by atoms with Crippen LogP contribution in [-0.4, -0.2) is 66.9 Å². The van der Waals surface area contributed by atoms with Crippen LogP contribution in [0.25, 0.3) is 0 Å². The minimum Gasteiger partial charge on any atom is -0.441 e. The summed E-state index contributed by atoms with van der Waals surface area (Å²) < 4.78 is 19.6. The monoisotopic (exact) mass is 284 g/mol. The highest BCUT2D eigenvalue weighted by atomic mass is 19.1. The molecule has 3 aliphatic rings. The maximum atomic E-state index is 14.1. The summed E-state index contributed by atoms with van der Waals surface area (Å²) in [6, 6.07) is -0.358. The minimum atomic E-state index is -0.997. The second kappa shape index (κ2) is 4.80. The number of carbonyl (C=O) groups is 1. The van der Waals surface area contributed by atoms with Gasteiger partial charge in [-0.2, -0.15) is 0 Å². The number of amides is 1. The summed E-state index contributed by atoms with van der Waals surface area (Å²) in [6.45, 7) is 2.31. The molecule has 3 aliphatic heterocycles. The molecule has 1 amide bonds. The van der Waals surface area contributed by atoms with E-state index in [4.69, 9.17) is 10.5 Å². The molecule has 2 fully saturated rings. The predicted molar refractivity (Wildman–Crippen MR) is 71.6 cm³/mol. The Morgan fingerprint density at radius 1 is 1.50 bits per heavy atom. The quantitative estimate of drug-likeness (QED) is 0.710. The topological polar surface area (TPSA) is 70.8 Å². The van der Waals surface area contributed by atoms with Crippen molar-refractivity contribution in [3.63, 3.8) is 0 Å². The molecule has 6 nitrogen and oxygen atoms in total. The summed E-state index contributed by atoms with van der Waals surface area (Å²) in [5.74, 6) is 0. The fourth-order valence-corrected chi connectivity index (χ4v) is 3.40. The number of nitrogens with one attached hydrogen (secondary N) is 1. The van der Waals surface area contributed by atoms with Crippen LogP contribution in [-0.2, 0) is 4.74 Å². The minimum absolute atomic E-state index is 0.261. The normalized spacial score (nSPS) is 33.8. The summed E-state index contributed by atoms with van der Waals surface area (Å²) in [5.41, 5.74) is 6.07. The molecule has 0 bridgehead atoms.